The lowest BCUT2D eigenvalue weighted by Crippen LogP contribution is -2.09. The molecule has 0 saturated carbocycles. The van der Waals surface area contributed by atoms with Gasteiger partial charge in [-0.05, 0) is 11.1 Å². The third-order valence-corrected chi connectivity index (χ3v) is 2.87. The highest BCUT2D eigenvalue weighted by Crippen LogP contribution is 2.32. The molecule has 1 atom stereocenters. The molecule has 2 rings (SSSR count). The zero-order chi connectivity index (χ0) is 13.0. The fourth-order valence-electron chi connectivity index (χ4n) is 1.97. The average molecular weight is 247 g/mol. The first kappa shape index (κ1) is 12.6. The van der Waals surface area contributed by atoms with Crippen LogP contribution in [0, 0.1) is 0 Å². The van der Waals surface area contributed by atoms with Gasteiger partial charge in [-0.3, -0.25) is 5.10 Å². The predicted octanol–water partition coefficient (Wildman–Crippen LogP) is 1.99. The average Bonchev–Trinajstić information content (AvgIpc) is 2.82. The lowest BCUT2D eigenvalue weighted by molar-refractivity contribution is 0.0278. The third kappa shape index (κ3) is 2.37. The summed E-state index contributed by atoms with van der Waals surface area (Å²) in [7, 11) is 3.32. The fourth-order valence-corrected chi connectivity index (χ4v) is 1.97. The summed E-state index contributed by atoms with van der Waals surface area (Å²) < 4.78 is 10.6. The number of aromatic amines is 1. The molecule has 0 saturated heterocycles. The van der Waals surface area contributed by atoms with Crippen molar-refractivity contribution in [2.75, 3.05) is 26.6 Å². The van der Waals surface area contributed by atoms with Crippen molar-refractivity contribution in [3.8, 4) is 11.1 Å². The van der Waals surface area contributed by atoms with Crippen molar-refractivity contribution >= 4 is 5.82 Å². The summed E-state index contributed by atoms with van der Waals surface area (Å²) in [5.74, 6) is 0.551. The number of H-pyrrole nitrogens is 1. The second-order valence-electron chi connectivity index (χ2n) is 3.96. The van der Waals surface area contributed by atoms with Gasteiger partial charge in [0.05, 0.1) is 12.8 Å². The van der Waals surface area contributed by atoms with E-state index in [1.165, 1.54) is 0 Å². The van der Waals surface area contributed by atoms with Crippen LogP contribution in [-0.4, -0.2) is 31.0 Å². The highest BCUT2D eigenvalue weighted by molar-refractivity contribution is 5.76. The van der Waals surface area contributed by atoms with Crippen LogP contribution in [0.5, 0.6) is 0 Å². The van der Waals surface area contributed by atoms with Crippen LogP contribution >= 0.6 is 0 Å². The van der Waals surface area contributed by atoms with Crippen LogP contribution in [0.4, 0.5) is 5.82 Å². The van der Waals surface area contributed by atoms with Crippen LogP contribution in [0.3, 0.4) is 0 Å². The van der Waals surface area contributed by atoms with E-state index in [4.69, 9.17) is 15.2 Å². The van der Waals surface area contributed by atoms with Gasteiger partial charge >= 0.3 is 0 Å². The van der Waals surface area contributed by atoms with Crippen molar-refractivity contribution in [1.82, 2.24) is 10.2 Å². The number of nitrogens with zero attached hydrogens (tertiary/aromatic N) is 1. The van der Waals surface area contributed by atoms with E-state index < -0.39 is 0 Å². The molecule has 0 aliphatic heterocycles. The topological polar surface area (TPSA) is 73.2 Å². The number of nitrogens with one attached hydrogen (secondary N) is 1. The minimum Gasteiger partial charge on any atom is -0.384 e. The van der Waals surface area contributed by atoms with Gasteiger partial charge in [0.25, 0.3) is 0 Å². The predicted molar refractivity (Wildman–Crippen MR) is 70.1 cm³/mol. The molecule has 96 valence electrons. The molecule has 5 heteroatoms. The summed E-state index contributed by atoms with van der Waals surface area (Å²) in [6.45, 7) is 0.491. The Bertz CT molecular complexity index is 510. The molecular formula is C13H17N3O2. The molecule has 3 N–H and O–H groups in total. The van der Waals surface area contributed by atoms with Gasteiger partial charge in [0.15, 0.2) is 0 Å². The van der Waals surface area contributed by atoms with Crippen LogP contribution in [0.15, 0.2) is 30.5 Å². The molecule has 0 amide bonds. The lowest BCUT2D eigenvalue weighted by Gasteiger charge is -2.18. The normalized spacial score (nSPS) is 12.6. The number of hydrogen-bond donors (Lipinski definition) is 2. The van der Waals surface area contributed by atoms with Crippen LogP contribution in [0.25, 0.3) is 11.1 Å². The molecule has 0 spiro atoms. The van der Waals surface area contributed by atoms with Crippen molar-refractivity contribution in [2.45, 2.75) is 6.10 Å². The Morgan fingerprint density at radius 1 is 1.28 bits per heavy atom. The Hall–Kier alpha value is -1.85. The highest BCUT2D eigenvalue weighted by atomic mass is 16.5. The molecule has 0 aliphatic rings. The molecule has 0 aliphatic carbocycles. The Balaban J connectivity index is 2.45. The molecule has 0 bridgehead atoms. The molecule has 1 unspecified atom stereocenters. The van der Waals surface area contributed by atoms with Gasteiger partial charge in [-0.2, -0.15) is 5.10 Å². The van der Waals surface area contributed by atoms with Gasteiger partial charge in [0.1, 0.15) is 11.9 Å². The molecule has 5 nitrogen and oxygen atoms in total. The minimum atomic E-state index is -0.125. The van der Waals surface area contributed by atoms with Crippen LogP contribution in [0.1, 0.15) is 11.7 Å². The molecule has 0 fully saturated rings. The van der Waals surface area contributed by atoms with E-state index in [9.17, 15) is 0 Å². The van der Waals surface area contributed by atoms with E-state index in [2.05, 4.69) is 10.2 Å². The van der Waals surface area contributed by atoms with Gasteiger partial charge in [0, 0.05) is 19.8 Å². The first-order valence-electron chi connectivity index (χ1n) is 5.67. The fraction of sp³-hybridized carbons (Fsp3) is 0.308. The number of hydrogen-bond acceptors (Lipinski definition) is 4. The Morgan fingerprint density at radius 3 is 2.67 bits per heavy atom. The zero-order valence-corrected chi connectivity index (χ0v) is 10.5. The Morgan fingerprint density at radius 2 is 2.06 bits per heavy atom. The molecule has 1 aromatic heterocycles. The van der Waals surface area contributed by atoms with Gasteiger partial charge in [-0.15, -0.1) is 0 Å². The van der Waals surface area contributed by atoms with Gasteiger partial charge in [-0.25, -0.2) is 0 Å². The van der Waals surface area contributed by atoms with Crippen molar-refractivity contribution in [3.05, 3.63) is 36.0 Å². The van der Waals surface area contributed by atoms with Gasteiger partial charge < -0.3 is 15.2 Å². The maximum atomic E-state index is 5.87. The van der Waals surface area contributed by atoms with Crippen LogP contribution in [-0.2, 0) is 9.47 Å². The van der Waals surface area contributed by atoms with Crippen molar-refractivity contribution in [3.63, 3.8) is 0 Å². The number of ether oxygens (including phenoxy) is 2. The van der Waals surface area contributed by atoms with Gasteiger partial charge in [0.2, 0.25) is 0 Å². The van der Waals surface area contributed by atoms with E-state index >= 15 is 0 Å². The second-order valence-corrected chi connectivity index (χ2v) is 3.96. The number of nitrogens with two attached hydrogens (primary N) is 1. The van der Waals surface area contributed by atoms with Gasteiger partial charge in [-0.1, -0.05) is 24.3 Å². The molecule has 1 aromatic carbocycles. The number of benzene rings is 1. The SMILES string of the molecule is COCC(OC)c1ccccc1-c1cn[nH]c1N. The van der Waals surface area contributed by atoms with Crippen molar-refractivity contribution < 1.29 is 9.47 Å². The summed E-state index contributed by atoms with van der Waals surface area (Å²) in [6.07, 6.45) is 1.59. The summed E-state index contributed by atoms with van der Waals surface area (Å²) >= 11 is 0. The number of aromatic nitrogens is 2. The first-order chi connectivity index (χ1) is 8.77. The molecule has 0 radical (unpaired) electrons. The third-order valence-electron chi connectivity index (χ3n) is 2.87. The molecule has 1 heterocycles. The molecule has 18 heavy (non-hydrogen) atoms. The quantitative estimate of drug-likeness (QED) is 0.847. The number of methoxy groups -OCH3 is 2. The number of rotatable bonds is 5. The van der Waals surface area contributed by atoms with Crippen LogP contribution < -0.4 is 5.73 Å². The summed E-state index contributed by atoms with van der Waals surface area (Å²) in [5, 5.41) is 6.69. The summed E-state index contributed by atoms with van der Waals surface area (Å²) in [6, 6.07) is 7.94. The standard InChI is InChI=1S/C13H17N3O2/c1-17-8-12(18-2)10-6-4-3-5-9(10)11-7-15-16-13(11)14/h3-7,12H,8H2,1-2H3,(H3,14,15,16). The minimum absolute atomic E-state index is 0.125. The van der Waals surface area contributed by atoms with Crippen LogP contribution in [0.2, 0.25) is 0 Å². The molecule has 2 aromatic rings. The highest BCUT2D eigenvalue weighted by Gasteiger charge is 2.17. The van der Waals surface area contributed by atoms with E-state index in [0.29, 0.717) is 12.4 Å². The van der Waals surface area contributed by atoms with Crippen molar-refractivity contribution in [2.24, 2.45) is 0 Å². The number of nitrogen functional groups attached to an aromatic ring is 1. The zero-order valence-electron chi connectivity index (χ0n) is 10.5. The summed E-state index contributed by atoms with van der Waals surface area (Å²) in [4.78, 5) is 0. The van der Waals surface area contributed by atoms with E-state index in [1.54, 1.807) is 20.4 Å². The molecular weight excluding hydrogens is 230 g/mol. The monoisotopic (exact) mass is 247 g/mol. The first-order valence-corrected chi connectivity index (χ1v) is 5.67. The summed E-state index contributed by atoms with van der Waals surface area (Å²) in [5.41, 5.74) is 8.79. The van der Waals surface area contributed by atoms with E-state index in [1.807, 2.05) is 24.3 Å². The largest absolute Gasteiger partial charge is 0.384 e. The Kier molecular flexibility index (Phi) is 3.96. The second kappa shape index (κ2) is 5.66. The van der Waals surface area contributed by atoms with Crippen molar-refractivity contribution in [1.29, 1.82) is 0 Å². The number of anilines is 1. The Labute approximate surface area is 106 Å². The maximum Gasteiger partial charge on any atom is 0.126 e. The smallest absolute Gasteiger partial charge is 0.126 e. The van der Waals surface area contributed by atoms with E-state index in [-0.39, 0.29) is 6.10 Å². The lowest BCUT2D eigenvalue weighted by atomic mass is 9.98. The maximum absolute atomic E-state index is 5.87. The van der Waals surface area contributed by atoms with E-state index in [0.717, 1.165) is 16.7 Å².